The maximum Gasteiger partial charge on any atom is 0.292 e. The maximum atomic E-state index is 12.8. The predicted octanol–water partition coefficient (Wildman–Crippen LogP) is 5.01. The van der Waals surface area contributed by atoms with Crippen LogP contribution in [0.5, 0.6) is 11.5 Å². The number of nitro benzene ring substituents is 1. The molecule has 0 saturated carbocycles. The van der Waals surface area contributed by atoms with E-state index in [1.807, 2.05) is 6.07 Å². The van der Waals surface area contributed by atoms with Crippen LogP contribution in [0.1, 0.15) is 31.2 Å². The number of nitro groups is 1. The van der Waals surface area contributed by atoms with Crippen LogP contribution >= 0.6 is 24.0 Å². The fraction of sp³-hybridized carbons (Fsp3) is 0.292. The van der Waals surface area contributed by atoms with Crippen LogP contribution in [0.4, 0.5) is 11.4 Å². The van der Waals surface area contributed by atoms with Crippen molar-refractivity contribution in [1.29, 1.82) is 0 Å². The van der Waals surface area contributed by atoms with Gasteiger partial charge in [0.25, 0.3) is 11.6 Å². The average Bonchev–Trinajstić information content (AvgIpc) is 3.11. The fourth-order valence-corrected chi connectivity index (χ4v) is 4.78. The van der Waals surface area contributed by atoms with Gasteiger partial charge in [0.1, 0.15) is 10.0 Å². The number of anilines is 1. The number of carbonyl (C=O) groups is 2. The van der Waals surface area contributed by atoms with Gasteiger partial charge in [0, 0.05) is 19.0 Å². The van der Waals surface area contributed by atoms with Crippen molar-refractivity contribution in [3.05, 3.63) is 63.0 Å². The zero-order valence-electron chi connectivity index (χ0n) is 19.3. The number of unbranched alkanes of at least 4 members (excludes halogenated alkanes) is 2. The van der Waals surface area contributed by atoms with Crippen molar-refractivity contribution < 1.29 is 24.0 Å². The second-order valence-corrected chi connectivity index (χ2v) is 9.26. The lowest BCUT2D eigenvalue weighted by atomic mass is 10.1. The molecule has 1 fully saturated rings. The quantitative estimate of drug-likeness (QED) is 0.146. The Morgan fingerprint density at radius 3 is 2.60 bits per heavy atom. The summed E-state index contributed by atoms with van der Waals surface area (Å²) in [5.41, 5.74) is 0.838. The normalized spacial score (nSPS) is 14.3. The molecule has 1 saturated heterocycles. The van der Waals surface area contributed by atoms with Crippen molar-refractivity contribution in [1.82, 2.24) is 4.90 Å². The molecule has 0 spiro atoms. The molecule has 0 aliphatic carbocycles. The molecule has 35 heavy (non-hydrogen) atoms. The van der Waals surface area contributed by atoms with E-state index in [1.54, 1.807) is 49.5 Å². The van der Waals surface area contributed by atoms with E-state index in [-0.39, 0.29) is 29.6 Å². The number of hydrogen-bond donors (Lipinski definition) is 1. The number of nitrogens with one attached hydrogen (secondary N) is 1. The van der Waals surface area contributed by atoms with Crippen LogP contribution in [0.2, 0.25) is 0 Å². The number of carbonyl (C=O) groups excluding carboxylic acids is 2. The maximum absolute atomic E-state index is 12.8. The van der Waals surface area contributed by atoms with Gasteiger partial charge in [-0.3, -0.25) is 24.6 Å². The molecule has 0 unspecified atom stereocenters. The minimum absolute atomic E-state index is 0.142. The lowest BCUT2D eigenvalue weighted by Crippen LogP contribution is -2.29. The fourth-order valence-electron chi connectivity index (χ4n) is 3.47. The molecule has 2 aromatic rings. The molecule has 3 rings (SSSR count). The molecule has 2 aromatic carbocycles. The van der Waals surface area contributed by atoms with E-state index in [0.717, 1.165) is 5.56 Å². The van der Waals surface area contributed by atoms with E-state index in [4.69, 9.17) is 21.7 Å². The lowest BCUT2D eigenvalue weighted by Gasteiger charge is -2.14. The summed E-state index contributed by atoms with van der Waals surface area (Å²) < 4.78 is 11.0. The third-order valence-corrected chi connectivity index (χ3v) is 6.62. The number of hydrogen-bond acceptors (Lipinski definition) is 8. The number of para-hydroxylation sites is 2. The first-order valence-corrected chi connectivity index (χ1v) is 12.1. The second kappa shape index (κ2) is 12.3. The molecule has 0 radical (unpaired) electrons. The summed E-state index contributed by atoms with van der Waals surface area (Å²) in [5.74, 6) is 0.738. The molecule has 1 aliphatic rings. The molecule has 1 aliphatic heterocycles. The minimum atomic E-state index is -0.530. The topological polar surface area (TPSA) is 111 Å². The molecule has 0 bridgehead atoms. The number of amides is 2. The third kappa shape index (κ3) is 6.80. The summed E-state index contributed by atoms with van der Waals surface area (Å²) in [4.78, 5) is 37.6. The van der Waals surface area contributed by atoms with Crippen LogP contribution in [0.25, 0.3) is 6.08 Å². The second-order valence-electron chi connectivity index (χ2n) is 7.58. The Labute approximate surface area is 212 Å². The lowest BCUT2D eigenvalue weighted by molar-refractivity contribution is -0.383. The first-order valence-electron chi connectivity index (χ1n) is 10.8. The average molecular weight is 516 g/mol. The van der Waals surface area contributed by atoms with E-state index in [9.17, 15) is 19.7 Å². The van der Waals surface area contributed by atoms with Gasteiger partial charge in [0.15, 0.2) is 11.5 Å². The van der Waals surface area contributed by atoms with Crippen molar-refractivity contribution in [2.75, 3.05) is 26.1 Å². The molecular weight excluding hydrogens is 490 g/mol. The molecule has 1 heterocycles. The Balaban J connectivity index is 1.47. The van der Waals surface area contributed by atoms with Crippen LogP contribution in [-0.2, 0) is 9.59 Å². The number of thioether (sulfide) groups is 1. The van der Waals surface area contributed by atoms with E-state index in [0.29, 0.717) is 46.5 Å². The van der Waals surface area contributed by atoms with Crippen molar-refractivity contribution in [2.24, 2.45) is 0 Å². The molecule has 11 heteroatoms. The molecule has 1 N–H and O–H groups in total. The van der Waals surface area contributed by atoms with Crippen LogP contribution in [-0.4, -0.2) is 46.7 Å². The van der Waals surface area contributed by atoms with Crippen molar-refractivity contribution in [3.8, 4) is 11.5 Å². The zero-order chi connectivity index (χ0) is 25.4. The summed E-state index contributed by atoms with van der Waals surface area (Å²) in [6, 6.07) is 11.4. The Hall–Kier alpha value is -3.44. The highest BCUT2D eigenvalue weighted by Gasteiger charge is 2.31. The van der Waals surface area contributed by atoms with Crippen molar-refractivity contribution >= 4 is 57.6 Å². The Bertz CT molecular complexity index is 1170. The Morgan fingerprint density at radius 2 is 1.89 bits per heavy atom. The molecule has 0 aromatic heterocycles. The minimum Gasteiger partial charge on any atom is -0.493 e. The summed E-state index contributed by atoms with van der Waals surface area (Å²) in [7, 11) is 3.11. The number of benzene rings is 2. The summed E-state index contributed by atoms with van der Waals surface area (Å²) >= 11 is 6.64. The Kier molecular flexibility index (Phi) is 9.21. The number of thiocarbonyl (C=S) groups is 1. The van der Waals surface area contributed by atoms with Crippen molar-refractivity contribution in [2.45, 2.75) is 25.7 Å². The van der Waals surface area contributed by atoms with Crippen LogP contribution in [0.15, 0.2) is 47.4 Å². The monoisotopic (exact) mass is 515 g/mol. The highest BCUT2D eigenvalue weighted by Crippen LogP contribution is 2.35. The molecule has 9 nitrogen and oxygen atoms in total. The standard InChI is InChI=1S/C24H25N3O6S2/c1-32-19-12-11-16(14-20(19)33-2)15-21-23(29)26(24(34)35-21)13-7-3-4-10-22(28)25-17-8-5-6-9-18(17)27(30)31/h5-6,8-9,11-12,14-15H,3-4,7,10,13H2,1-2H3,(H,25,28). The largest absolute Gasteiger partial charge is 0.493 e. The van der Waals surface area contributed by atoms with Gasteiger partial charge in [0.05, 0.1) is 24.0 Å². The third-order valence-electron chi connectivity index (χ3n) is 5.24. The van der Waals surface area contributed by atoms with Crippen LogP contribution in [0, 0.1) is 10.1 Å². The number of nitrogens with zero attached hydrogens (tertiary/aromatic N) is 2. The van der Waals surface area contributed by atoms with E-state index in [2.05, 4.69) is 5.32 Å². The first kappa shape index (κ1) is 26.2. The van der Waals surface area contributed by atoms with Gasteiger partial charge < -0.3 is 14.8 Å². The smallest absolute Gasteiger partial charge is 0.292 e. The number of rotatable bonds is 11. The number of ether oxygens (including phenoxy) is 2. The van der Waals surface area contributed by atoms with Crippen molar-refractivity contribution in [3.63, 3.8) is 0 Å². The van der Waals surface area contributed by atoms with Gasteiger partial charge in [-0.2, -0.15) is 0 Å². The molecule has 0 atom stereocenters. The van der Waals surface area contributed by atoms with Gasteiger partial charge >= 0.3 is 0 Å². The SMILES string of the molecule is COc1ccc(C=C2SC(=S)N(CCCCCC(=O)Nc3ccccc3[N+](=O)[O-])C2=O)cc1OC. The summed E-state index contributed by atoms with van der Waals surface area (Å²) in [6.07, 6.45) is 3.96. The zero-order valence-corrected chi connectivity index (χ0v) is 20.9. The highest BCUT2D eigenvalue weighted by molar-refractivity contribution is 8.26. The van der Waals surface area contributed by atoms with Gasteiger partial charge in [-0.15, -0.1) is 0 Å². The number of methoxy groups -OCH3 is 2. The predicted molar refractivity (Wildman–Crippen MR) is 140 cm³/mol. The van der Waals surface area contributed by atoms with Gasteiger partial charge in [-0.1, -0.05) is 48.6 Å². The van der Waals surface area contributed by atoms with E-state index in [1.165, 1.54) is 23.9 Å². The highest BCUT2D eigenvalue weighted by atomic mass is 32.2. The first-order chi connectivity index (χ1) is 16.8. The van der Waals surface area contributed by atoms with E-state index < -0.39 is 4.92 Å². The van der Waals surface area contributed by atoms with E-state index >= 15 is 0 Å². The van der Waals surface area contributed by atoms with Gasteiger partial charge in [-0.05, 0) is 42.7 Å². The molecule has 2 amide bonds. The molecule has 184 valence electrons. The Morgan fingerprint density at radius 1 is 1.14 bits per heavy atom. The van der Waals surface area contributed by atoms with Crippen LogP contribution in [0.3, 0.4) is 0 Å². The summed E-state index contributed by atoms with van der Waals surface area (Å²) in [5, 5.41) is 13.6. The molecular formula is C24H25N3O6S2. The van der Waals surface area contributed by atoms with Crippen LogP contribution < -0.4 is 14.8 Å². The van der Waals surface area contributed by atoms with Gasteiger partial charge in [-0.25, -0.2) is 0 Å². The van der Waals surface area contributed by atoms with Gasteiger partial charge in [0.2, 0.25) is 5.91 Å². The summed E-state index contributed by atoms with van der Waals surface area (Å²) in [6.45, 7) is 0.458.